The summed E-state index contributed by atoms with van der Waals surface area (Å²) in [5, 5.41) is 5.42. The molecule has 0 fully saturated rings. The normalized spacial score (nSPS) is 10.8. The van der Waals surface area contributed by atoms with Crippen LogP contribution in [-0.4, -0.2) is 20.4 Å². The van der Waals surface area contributed by atoms with Crippen molar-refractivity contribution in [3.05, 3.63) is 55.1 Å². The Bertz CT molecular complexity index is 703. The molecule has 7 heteroatoms. The van der Waals surface area contributed by atoms with Crippen LogP contribution in [0.2, 0.25) is 10.0 Å². The van der Waals surface area contributed by atoms with Crippen LogP contribution in [0, 0.1) is 3.57 Å². The lowest BCUT2D eigenvalue weighted by Crippen LogP contribution is -2.07. The highest BCUT2D eigenvalue weighted by molar-refractivity contribution is 14.1. The molecule has 0 aromatic heterocycles. The monoisotopic (exact) mass is 464 g/mol. The average molecular weight is 465 g/mol. The molecule has 0 amide bonds. The maximum atomic E-state index is 6.11. The summed E-state index contributed by atoms with van der Waals surface area (Å²) in [6.45, 7) is 0.444. The number of methoxy groups -OCH3 is 2. The van der Waals surface area contributed by atoms with E-state index in [4.69, 9.17) is 32.7 Å². The van der Waals surface area contributed by atoms with Gasteiger partial charge in [0.25, 0.3) is 0 Å². The Morgan fingerprint density at radius 1 is 1.17 bits per heavy atom. The highest BCUT2D eigenvalue weighted by Gasteiger charge is 2.09. The molecule has 0 heterocycles. The van der Waals surface area contributed by atoms with Crippen molar-refractivity contribution < 1.29 is 9.47 Å². The second kappa shape index (κ2) is 8.61. The fourth-order valence-corrected chi connectivity index (χ4v) is 3.34. The predicted molar refractivity (Wildman–Crippen MR) is 103 cm³/mol. The first kappa shape index (κ1) is 18.2. The molecular formula is C16H15Cl2IN2O2. The molecule has 0 saturated carbocycles. The smallest absolute Gasteiger partial charge is 0.174 e. The molecule has 2 rings (SSSR count). The van der Waals surface area contributed by atoms with Crippen LogP contribution in [-0.2, 0) is 6.54 Å². The van der Waals surface area contributed by atoms with Crippen molar-refractivity contribution in [2.24, 2.45) is 5.10 Å². The highest BCUT2D eigenvalue weighted by Crippen LogP contribution is 2.33. The fourth-order valence-electron chi connectivity index (χ4n) is 1.96. The summed E-state index contributed by atoms with van der Waals surface area (Å²) >= 11 is 14.4. The number of hydrogen-bond acceptors (Lipinski definition) is 4. The molecular weight excluding hydrogens is 450 g/mol. The Hall–Kier alpha value is -1.18. The molecule has 0 saturated heterocycles. The van der Waals surface area contributed by atoms with E-state index in [2.05, 4.69) is 33.1 Å². The summed E-state index contributed by atoms with van der Waals surface area (Å²) in [5.41, 5.74) is 4.65. The molecule has 2 aromatic carbocycles. The van der Waals surface area contributed by atoms with E-state index in [1.165, 1.54) is 0 Å². The maximum Gasteiger partial charge on any atom is 0.174 e. The first-order chi connectivity index (χ1) is 11.1. The van der Waals surface area contributed by atoms with Crippen molar-refractivity contribution in [1.29, 1.82) is 0 Å². The molecule has 1 N–H and O–H groups in total. The van der Waals surface area contributed by atoms with Crippen molar-refractivity contribution in [3.8, 4) is 11.5 Å². The highest BCUT2D eigenvalue weighted by atomic mass is 127. The standard InChI is InChI=1S/C16H15Cl2IN2O2/c1-22-15-7-10(6-14(19)16(15)23-2)8-20-21-9-11-12(17)4-3-5-13(11)18/h3-8,21H,9H2,1-2H3/b20-8+. The van der Waals surface area contributed by atoms with Crippen molar-refractivity contribution in [3.63, 3.8) is 0 Å². The molecule has 122 valence electrons. The second-order valence-electron chi connectivity index (χ2n) is 4.53. The van der Waals surface area contributed by atoms with Gasteiger partial charge in [-0.25, -0.2) is 0 Å². The van der Waals surface area contributed by atoms with E-state index >= 15 is 0 Å². The number of nitrogens with zero attached hydrogens (tertiary/aromatic N) is 1. The van der Waals surface area contributed by atoms with Crippen LogP contribution in [0.4, 0.5) is 0 Å². The number of hydrogen-bond donors (Lipinski definition) is 1. The van der Waals surface area contributed by atoms with Gasteiger partial charge in [-0.3, -0.25) is 0 Å². The van der Waals surface area contributed by atoms with Crippen LogP contribution >= 0.6 is 45.8 Å². The molecule has 4 nitrogen and oxygen atoms in total. The van der Waals surface area contributed by atoms with Gasteiger partial charge in [-0.2, -0.15) is 5.10 Å². The lowest BCUT2D eigenvalue weighted by molar-refractivity contribution is 0.353. The summed E-state index contributed by atoms with van der Waals surface area (Å²) < 4.78 is 11.6. The van der Waals surface area contributed by atoms with Crippen molar-refractivity contribution in [2.45, 2.75) is 6.54 Å². The van der Waals surface area contributed by atoms with Crippen LogP contribution in [0.1, 0.15) is 11.1 Å². The molecule has 0 aliphatic heterocycles. The quantitative estimate of drug-likeness (QED) is 0.381. The van der Waals surface area contributed by atoms with E-state index < -0.39 is 0 Å². The SMILES string of the molecule is COc1cc(/C=N/NCc2c(Cl)cccc2Cl)cc(I)c1OC. The van der Waals surface area contributed by atoms with Gasteiger partial charge in [0.15, 0.2) is 11.5 Å². The summed E-state index contributed by atoms with van der Waals surface area (Å²) in [6.07, 6.45) is 1.70. The Labute approximate surface area is 158 Å². The van der Waals surface area contributed by atoms with Crippen LogP contribution in [0.3, 0.4) is 0 Å². The number of nitrogens with one attached hydrogen (secondary N) is 1. The number of ether oxygens (including phenoxy) is 2. The fraction of sp³-hybridized carbons (Fsp3) is 0.188. The van der Waals surface area contributed by atoms with Crippen molar-refractivity contribution >= 4 is 52.0 Å². The number of benzene rings is 2. The first-order valence-electron chi connectivity index (χ1n) is 6.67. The molecule has 0 unspecified atom stereocenters. The third-order valence-electron chi connectivity index (χ3n) is 3.08. The maximum absolute atomic E-state index is 6.11. The number of rotatable bonds is 6. The van der Waals surface area contributed by atoms with Crippen LogP contribution < -0.4 is 14.9 Å². The van der Waals surface area contributed by atoms with Crippen LogP contribution in [0.15, 0.2) is 35.4 Å². The van der Waals surface area contributed by atoms with E-state index in [1.807, 2.05) is 18.2 Å². The van der Waals surface area contributed by atoms with Crippen molar-refractivity contribution in [1.82, 2.24) is 5.43 Å². The van der Waals surface area contributed by atoms with Gasteiger partial charge in [0, 0.05) is 15.6 Å². The summed E-state index contributed by atoms with van der Waals surface area (Å²) in [6, 6.07) is 9.21. The van der Waals surface area contributed by atoms with Crippen LogP contribution in [0.25, 0.3) is 0 Å². The summed E-state index contributed by atoms with van der Waals surface area (Å²) in [4.78, 5) is 0. The third-order valence-corrected chi connectivity index (χ3v) is 4.59. The average Bonchev–Trinajstić information content (AvgIpc) is 2.53. The van der Waals surface area contributed by atoms with Gasteiger partial charge in [0.1, 0.15) is 0 Å². The molecule has 2 aromatic rings. The molecule has 0 spiro atoms. The molecule has 23 heavy (non-hydrogen) atoms. The van der Waals surface area contributed by atoms with E-state index in [0.717, 1.165) is 14.7 Å². The molecule has 0 bridgehead atoms. The van der Waals surface area contributed by atoms with E-state index in [0.29, 0.717) is 28.1 Å². The molecule has 0 atom stereocenters. The summed E-state index contributed by atoms with van der Waals surface area (Å²) in [5.74, 6) is 1.37. The number of hydrazone groups is 1. The van der Waals surface area contributed by atoms with Gasteiger partial charge in [-0.15, -0.1) is 0 Å². The predicted octanol–water partition coefficient (Wildman–Crippen LogP) is 4.74. The second-order valence-corrected chi connectivity index (χ2v) is 6.51. The van der Waals surface area contributed by atoms with Gasteiger partial charge >= 0.3 is 0 Å². The van der Waals surface area contributed by atoms with E-state index in [1.54, 1.807) is 32.6 Å². The molecule has 0 radical (unpaired) electrons. The number of halogens is 3. The van der Waals surface area contributed by atoms with Crippen LogP contribution in [0.5, 0.6) is 11.5 Å². The zero-order chi connectivity index (χ0) is 16.8. The Morgan fingerprint density at radius 3 is 2.48 bits per heavy atom. The Morgan fingerprint density at radius 2 is 1.87 bits per heavy atom. The minimum Gasteiger partial charge on any atom is -0.493 e. The molecule has 0 aliphatic carbocycles. The van der Waals surface area contributed by atoms with E-state index in [9.17, 15) is 0 Å². The largest absolute Gasteiger partial charge is 0.493 e. The third kappa shape index (κ3) is 4.65. The first-order valence-corrected chi connectivity index (χ1v) is 8.50. The minimum absolute atomic E-state index is 0.444. The van der Waals surface area contributed by atoms with Crippen molar-refractivity contribution in [2.75, 3.05) is 14.2 Å². The topological polar surface area (TPSA) is 42.8 Å². The van der Waals surface area contributed by atoms with Gasteiger partial charge < -0.3 is 14.9 Å². The Balaban J connectivity index is 2.08. The van der Waals surface area contributed by atoms with Gasteiger partial charge in [-0.05, 0) is 52.4 Å². The molecule has 0 aliphatic rings. The lowest BCUT2D eigenvalue weighted by atomic mass is 10.2. The zero-order valence-corrected chi connectivity index (χ0v) is 16.2. The van der Waals surface area contributed by atoms with E-state index in [-0.39, 0.29) is 0 Å². The zero-order valence-electron chi connectivity index (χ0n) is 12.6. The lowest BCUT2D eigenvalue weighted by Gasteiger charge is -2.10. The van der Waals surface area contributed by atoms with Gasteiger partial charge in [0.2, 0.25) is 0 Å². The van der Waals surface area contributed by atoms with Gasteiger partial charge in [0.05, 0.1) is 30.5 Å². The minimum atomic E-state index is 0.444. The summed E-state index contributed by atoms with van der Waals surface area (Å²) in [7, 11) is 3.22. The van der Waals surface area contributed by atoms with Gasteiger partial charge in [-0.1, -0.05) is 29.3 Å². The Kier molecular flexibility index (Phi) is 6.80.